The summed E-state index contributed by atoms with van der Waals surface area (Å²) in [4.78, 5) is 2.68. The standard InChI is InChI=1S/C23H27NO2/c1-25-22-8-5-9-23(16-22)26-13-12-19-14-20-10-11-21(15-19)24(20)17-18-6-3-2-4-7-18/h2-9,14,16,20-21H,10-13,15,17H2,1H3. The maximum atomic E-state index is 5.93. The Balaban J connectivity index is 1.32. The van der Waals surface area contributed by atoms with E-state index in [1.54, 1.807) is 12.7 Å². The van der Waals surface area contributed by atoms with Crippen molar-refractivity contribution in [2.24, 2.45) is 0 Å². The number of hydrogen-bond acceptors (Lipinski definition) is 3. The number of benzene rings is 2. The molecule has 2 atom stereocenters. The minimum absolute atomic E-state index is 0.598. The van der Waals surface area contributed by atoms with Gasteiger partial charge in [-0.2, -0.15) is 0 Å². The van der Waals surface area contributed by atoms with Crippen LogP contribution in [0.3, 0.4) is 0 Å². The molecule has 2 unspecified atom stereocenters. The minimum Gasteiger partial charge on any atom is -0.497 e. The van der Waals surface area contributed by atoms with E-state index in [4.69, 9.17) is 9.47 Å². The van der Waals surface area contributed by atoms with Gasteiger partial charge < -0.3 is 9.47 Å². The molecule has 0 spiro atoms. The zero-order valence-corrected chi connectivity index (χ0v) is 15.4. The molecule has 1 saturated heterocycles. The molecule has 26 heavy (non-hydrogen) atoms. The SMILES string of the molecule is COc1cccc(OCCC2=CC3CCC(C2)N3Cc2ccccc2)c1. The predicted molar refractivity (Wildman–Crippen MR) is 105 cm³/mol. The maximum Gasteiger partial charge on any atom is 0.122 e. The van der Waals surface area contributed by atoms with Gasteiger partial charge in [-0.15, -0.1) is 0 Å². The normalized spacial score (nSPS) is 22.1. The molecule has 3 heteroatoms. The van der Waals surface area contributed by atoms with Crippen LogP contribution in [-0.4, -0.2) is 30.7 Å². The number of hydrogen-bond donors (Lipinski definition) is 0. The molecule has 0 radical (unpaired) electrons. The van der Waals surface area contributed by atoms with Gasteiger partial charge in [0.1, 0.15) is 11.5 Å². The summed E-state index contributed by atoms with van der Waals surface area (Å²) in [7, 11) is 1.68. The molecule has 0 amide bonds. The highest BCUT2D eigenvalue weighted by Gasteiger charge is 2.35. The highest BCUT2D eigenvalue weighted by Crippen LogP contribution is 2.36. The Morgan fingerprint density at radius 2 is 1.85 bits per heavy atom. The quantitative estimate of drug-likeness (QED) is 0.669. The van der Waals surface area contributed by atoms with Gasteiger partial charge in [0.2, 0.25) is 0 Å². The average molecular weight is 349 g/mol. The lowest BCUT2D eigenvalue weighted by Crippen LogP contribution is -2.38. The van der Waals surface area contributed by atoms with E-state index in [9.17, 15) is 0 Å². The third-order valence-electron chi connectivity index (χ3n) is 5.56. The zero-order chi connectivity index (χ0) is 17.8. The zero-order valence-electron chi connectivity index (χ0n) is 15.4. The summed E-state index contributed by atoms with van der Waals surface area (Å²) >= 11 is 0. The topological polar surface area (TPSA) is 21.7 Å². The molecule has 2 aromatic carbocycles. The van der Waals surface area contributed by atoms with Crippen LogP contribution in [0.15, 0.2) is 66.2 Å². The van der Waals surface area contributed by atoms with Crippen molar-refractivity contribution in [2.75, 3.05) is 13.7 Å². The molecule has 136 valence electrons. The lowest BCUT2D eigenvalue weighted by Gasteiger charge is -2.34. The largest absolute Gasteiger partial charge is 0.497 e. The van der Waals surface area contributed by atoms with Crippen molar-refractivity contribution in [2.45, 2.75) is 44.3 Å². The molecular formula is C23H27NO2. The smallest absolute Gasteiger partial charge is 0.122 e. The van der Waals surface area contributed by atoms with Crippen molar-refractivity contribution in [1.82, 2.24) is 4.90 Å². The first kappa shape index (κ1) is 17.2. The molecule has 0 N–H and O–H groups in total. The molecule has 0 saturated carbocycles. The second kappa shape index (κ2) is 7.96. The van der Waals surface area contributed by atoms with Gasteiger partial charge >= 0.3 is 0 Å². The van der Waals surface area contributed by atoms with Crippen LogP contribution in [0.1, 0.15) is 31.2 Å². The van der Waals surface area contributed by atoms with Gasteiger partial charge in [0.05, 0.1) is 13.7 Å². The first-order valence-electron chi connectivity index (χ1n) is 9.58. The van der Waals surface area contributed by atoms with Crippen LogP contribution in [0.2, 0.25) is 0 Å². The van der Waals surface area contributed by atoms with E-state index in [-0.39, 0.29) is 0 Å². The van der Waals surface area contributed by atoms with Gasteiger partial charge in [-0.3, -0.25) is 4.90 Å². The van der Waals surface area contributed by atoms with E-state index in [0.717, 1.165) is 31.1 Å². The molecule has 2 aliphatic heterocycles. The van der Waals surface area contributed by atoms with Crippen LogP contribution in [0.4, 0.5) is 0 Å². The molecule has 0 aromatic heterocycles. The van der Waals surface area contributed by atoms with Crippen molar-refractivity contribution in [3.05, 3.63) is 71.8 Å². The minimum atomic E-state index is 0.598. The molecule has 2 bridgehead atoms. The fraction of sp³-hybridized carbons (Fsp3) is 0.391. The van der Waals surface area contributed by atoms with Crippen LogP contribution in [0.25, 0.3) is 0 Å². The van der Waals surface area contributed by atoms with Crippen molar-refractivity contribution in [3.63, 3.8) is 0 Å². The maximum absolute atomic E-state index is 5.93. The van der Waals surface area contributed by atoms with E-state index in [0.29, 0.717) is 12.1 Å². The summed E-state index contributed by atoms with van der Waals surface area (Å²) in [6.45, 7) is 1.80. The number of methoxy groups -OCH3 is 1. The number of rotatable bonds is 7. The Hall–Kier alpha value is -2.26. The van der Waals surface area contributed by atoms with Gasteiger partial charge in [-0.25, -0.2) is 0 Å². The van der Waals surface area contributed by atoms with Crippen LogP contribution < -0.4 is 9.47 Å². The molecular weight excluding hydrogens is 322 g/mol. The highest BCUT2D eigenvalue weighted by molar-refractivity contribution is 5.33. The van der Waals surface area contributed by atoms with Crippen molar-refractivity contribution in [1.29, 1.82) is 0 Å². The van der Waals surface area contributed by atoms with Crippen molar-refractivity contribution >= 4 is 0 Å². The lowest BCUT2D eigenvalue weighted by molar-refractivity contribution is 0.192. The molecule has 4 rings (SSSR count). The Bertz CT molecular complexity index is 756. The van der Waals surface area contributed by atoms with Crippen LogP contribution in [-0.2, 0) is 6.54 Å². The summed E-state index contributed by atoms with van der Waals surface area (Å²) in [6, 6.07) is 20.0. The molecule has 1 fully saturated rings. The Morgan fingerprint density at radius 1 is 1.00 bits per heavy atom. The molecule has 2 heterocycles. The van der Waals surface area contributed by atoms with E-state index in [2.05, 4.69) is 41.3 Å². The third-order valence-corrected chi connectivity index (χ3v) is 5.56. The van der Waals surface area contributed by atoms with Crippen LogP contribution in [0, 0.1) is 0 Å². The summed E-state index contributed by atoms with van der Waals surface area (Å²) in [5, 5.41) is 0. The molecule has 3 nitrogen and oxygen atoms in total. The van der Waals surface area contributed by atoms with E-state index in [1.807, 2.05) is 24.3 Å². The lowest BCUT2D eigenvalue weighted by atomic mass is 9.98. The van der Waals surface area contributed by atoms with Crippen LogP contribution in [0.5, 0.6) is 11.5 Å². The summed E-state index contributed by atoms with van der Waals surface area (Å²) < 4.78 is 11.2. The first-order valence-corrected chi connectivity index (χ1v) is 9.58. The summed E-state index contributed by atoms with van der Waals surface area (Å²) in [6.07, 6.45) is 7.31. The fourth-order valence-corrected chi connectivity index (χ4v) is 4.22. The molecule has 0 aliphatic carbocycles. The van der Waals surface area contributed by atoms with Gasteiger partial charge in [0.15, 0.2) is 0 Å². The average Bonchev–Trinajstić information content (AvgIpc) is 2.91. The van der Waals surface area contributed by atoms with Gasteiger partial charge in [-0.1, -0.05) is 48.0 Å². The number of fused-ring (bicyclic) bond motifs is 2. The fourth-order valence-electron chi connectivity index (χ4n) is 4.22. The Labute approximate surface area is 156 Å². The van der Waals surface area contributed by atoms with E-state index in [1.165, 1.54) is 24.8 Å². The third kappa shape index (κ3) is 3.94. The molecule has 2 aliphatic rings. The molecule has 2 aromatic rings. The summed E-state index contributed by atoms with van der Waals surface area (Å²) in [5.74, 6) is 1.73. The monoisotopic (exact) mass is 349 g/mol. The van der Waals surface area contributed by atoms with Gasteiger partial charge in [0, 0.05) is 31.1 Å². The van der Waals surface area contributed by atoms with Gasteiger partial charge in [-0.05, 0) is 37.0 Å². The summed E-state index contributed by atoms with van der Waals surface area (Å²) in [5.41, 5.74) is 2.98. The van der Waals surface area contributed by atoms with E-state index < -0.39 is 0 Å². The second-order valence-electron chi connectivity index (χ2n) is 7.26. The Morgan fingerprint density at radius 3 is 2.65 bits per heavy atom. The highest BCUT2D eigenvalue weighted by atomic mass is 16.5. The number of nitrogens with zero attached hydrogens (tertiary/aromatic N) is 1. The van der Waals surface area contributed by atoms with Crippen LogP contribution >= 0.6 is 0 Å². The van der Waals surface area contributed by atoms with Gasteiger partial charge in [0.25, 0.3) is 0 Å². The second-order valence-corrected chi connectivity index (χ2v) is 7.26. The van der Waals surface area contributed by atoms with Crippen molar-refractivity contribution < 1.29 is 9.47 Å². The first-order chi connectivity index (χ1) is 12.8. The number of ether oxygens (including phenoxy) is 2. The van der Waals surface area contributed by atoms with E-state index >= 15 is 0 Å². The van der Waals surface area contributed by atoms with Crippen molar-refractivity contribution in [3.8, 4) is 11.5 Å². The predicted octanol–water partition coefficient (Wildman–Crippen LogP) is 4.83. The Kier molecular flexibility index (Phi) is 5.26.